The highest BCUT2D eigenvalue weighted by Crippen LogP contribution is 2.38. The van der Waals surface area contributed by atoms with E-state index in [9.17, 15) is 48.6 Å². The lowest BCUT2D eigenvalue weighted by molar-refractivity contribution is -0.135. The number of aliphatic hydroxyl groups is 1. The molecule has 0 aromatic heterocycles. The largest absolute Gasteiger partial charge is 0.508 e. The van der Waals surface area contributed by atoms with Crippen LogP contribution in [0.1, 0.15) is 63.5 Å². The molecule has 7 atom stereocenters. The first kappa shape index (κ1) is 54.9. The summed E-state index contributed by atoms with van der Waals surface area (Å²) in [7, 11) is 2.18. The summed E-state index contributed by atoms with van der Waals surface area (Å²) in [6.45, 7) is 2.41. The van der Waals surface area contributed by atoms with E-state index in [2.05, 4.69) is 37.2 Å². The lowest BCUT2D eigenvalue weighted by atomic mass is 10.0. The Hall–Kier alpha value is -5.46. The average Bonchev–Trinajstić information content (AvgIpc) is 3.28. The minimum atomic E-state index is -1.60. The van der Waals surface area contributed by atoms with Crippen molar-refractivity contribution >= 4 is 68.8 Å². The van der Waals surface area contributed by atoms with E-state index in [4.69, 9.17) is 22.9 Å². The van der Waals surface area contributed by atoms with Crippen molar-refractivity contribution in [2.24, 2.45) is 22.9 Å². The summed E-state index contributed by atoms with van der Waals surface area (Å²) in [5, 5.41) is 38.0. The standard InChI is InChI=1S/C43H65N11O10S2/c1-43(2)35(46)42(64)53-30(21-26-14-16-27(56)17-15-26)37(59)48-22-34(57)49-32(23-55)40(62)52-31(20-25-10-4-3-5-11-25)39(61)54-33(24-65-66-43)41(63)51-29(13-7-9-19-45)38(60)50-28(36(47)58)12-6-8-18-44/h3-5,10-11,14-17,28-33,35,55-56H,6-9,12-13,18-24,44-46H2,1-2H3,(H2,47,58)(H,48,59)(H,49,57)(H,50,60)(H,51,63)(H,52,62)(H,53,64)(H,54,61)/t28-,29-,30-,31-,32-,33?,35+/m0/s1. The molecule has 0 radical (unpaired) electrons. The Bertz CT molecular complexity index is 1950. The van der Waals surface area contributed by atoms with Gasteiger partial charge in [-0.2, -0.15) is 0 Å². The van der Waals surface area contributed by atoms with E-state index in [1.165, 1.54) is 12.1 Å². The molecule has 66 heavy (non-hydrogen) atoms. The molecule has 21 nitrogen and oxygen atoms in total. The maximum atomic E-state index is 14.3. The van der Waals surface area contributed by atoms with Gasteiger partial charge in [0.15, 0.2) is 0 Å². The number of hydrogen-bond acceptors (Lipinski definition) is 15. The van der Waals surface area contributed by atoms with Gasteiger partial charge in [0, 0.05) is 23.3 Å². The smallest absolute Gasteiger partial charge is 0.245 e. The summed E-state index contributed by atoms with van der Waals surface area (Å²) < 4.78 is -1.10. The highest BCUT2D eigenvalue weighted by molar-refractivity contribution is 8.77. The monoisotopic (exact) mass is 959 g/mol. The summed E-state index contributed by atoms with van der Waals surface area (Å²) in [6.07, 6.45) is 2.15. The Kier molecular flexibility index (Phi) is 23.2. The van der Waals surface area contributed by atoms with Crippen LogP contribution in [0.2, 0.25) is 0 Å². The first-order valence-corrected chi connectivity index (χ1v) is 24.0. The lowest BCUT2D eigenvalue weighted by Crippen LogP contribution is -2.61. The van der Waals surface area contributed by atoms with E-state index in [0.29, 0.717) is 49.9 Å². The molecule has 1 aliphatic heterocycles. The fourth-order valence-electron chi connectivity index (χ4n) is 6.56. The SMILES string of the molecule is CC1(C)SSCC(C(=O)N[C@@H](CCCCN)C(=O)N[C@@H](CCCCN)C(N)=O)NC(=O)[C@H](Cc2ccccc2)NC(=O)[C@H](CO)NC(=O)CNC(=O)[C@H](Cc2ccc(O)cc2)NC(=O)[C@H]1N. The lowest BCUT2D eigenvalue weighted by Gasteiger charge is -2.31. The van der Waals surface area contributed by atoms with Crippen LogP contribution in [-0.4, -0.2) is 137 Å². The summed E-state index contributed by atoms with van der Waals surface area (Å²) in [5.74, 6) is -6.69. The van der Waals surface area contributed by atoms with Crippen LogP contribution in [0.5, 0.6) is 5.75 Å². The highest BCUT2D eigenvalue weighted by Gasteiger charge is 2.37. The molecule has 0 aliphatic carbocycles. The molecular formula is C43H65N11O10S2. The van der Waals surface area contributed by atoms with Crippen molar-refractivity contribution in [1.29, 1.82) is 0 Å². The number of benzene rings is 2. The number of nitrogens with one attached hydrogen (secondary N) is 7. The number of hydrogen-bond donors (Lipinski definition) is 13. The van der Waals surface area contributed by atoms with Crippen LogP contribution >= 0.6 is 21.6 Å². The topological polar surface area (TPSA) is 365 Å². The van der Waals surface area contributed by atoms with E-state index in [0.717, 1.165) is 21.6 Å². The molecule has 23 heteroatoms. The molecule has 1 aliphatic rings. The van der Waals surface area contributed by atoms with Gasteiger partial charge in [0.05, 0.1) is 19.2 Å². The number of amides is 8. The van der Waals surface area contributed by atoms with E-state index < -0.39 is 107 Å². The first-order chi connectivity index (χ1) is 31.4. The van der Waals surface area contributed by atoms with E-state index in [1.807, 2.05) is 0 Å². The van der Waals surface area contributed by atoms with Gasteiger partial charge in [-0.1, -0.05) is 64.1 Å². The van der Waals surface area contributed by atoms with Crippen molar-refractivity contribution in [3.63, 3.8) is 0 Å². The highest BCUT2D eigenvalue weighted by atomic mass is 33.1. The summed E-state index contributed by atoms with van der Waals surface area (Å²) in [4.78, 5) is 109. The van der Waals surface area contributed by atoms with Crippen LogP contribution in [0, 0.1) is 0 Å². The second-order valence-electron chi connectivity index (χ2n) is 16.3. The molecule has 8 amide bonds. The van der Waals surface area contributed by atoms with Crippen LogP contribution in [0.25, 0.3) is 0 Å². The second-order valence-corrected chi connectivity index (χ2v) is 19.3. The number of aliphatic hydroxyl groups excluding tert-OH is 1. The van der Waals surface area contributed by atoms with Gasteiger partial charge >= 0.3 is 0 Å². The number of carbonyl (C=O) groups excluding carboxylic acids is 8. The zero-order valence-corrected chi connectivity index (χ0v) is 38.8. The molecule has 0 bridgehead atoms. The van der Waals surface area contributed by atoms with Crippen LogP contribution in [0.15, 0.2) is 54.6 Å². The minimum absolute atomic E-state index is 0.0255. The fourth-order valence-corrected chi connectivity index (χ4v) is 9.35. The van der Waals surface area contributed by atoms with Gasteiger partial charge in [-0.05, 0) is 88.7 Å². The van der Waals surface area contributed by atoms with Crippen LogP contribution in [0.4, 0.5) is 0 Å². The molecule has 2 aromatic carbocycles. The number of aromatic hydroxyl groups is 1. The number of nitrogens with two attached hydrogens (primary N) is 4. The third kappa shape index (κ3) is 18.4. The van der Waals surface area contributed by atoms with Gasteiger partial charge in [0.2, 0.25) is 47.3 Å². The first-order valence-electron chi connectivity index (χ1n) is 21.7. The normalized spacial score (nSPS) is 22.2. The van der Waals surface area contributed by atoms with Crippen LogP contribution in [0.3, 0.4) is 0 Å². The molecule has 3 rings (SSSR count). The number of phenolic OH excluding ortho intramolecular Hbond substituents is 1. The molecule has 1 heterocycles. The minimum Gasteiger partial charge on any atom is -0.508 e. The molecule has 1 unspecified atom stereocenters. The van der Waals surface area contributed by atoms with E-state index in [-0.39, 0.29) is 37.2 Å². The van der Waals surface area contributed by atoms with Crippen molar-refractivity contribution in [3.8, 4) is 5.75 Å². The zero-order chi connectivity index (χ0) is 48.8. The number of phenols is 1. The van der Waals surface area contributed by atoms with Gasteiger partial charge in [0.25, 0.3) is 0 Å². The van der Waals surface area contributed by atoms with Gasteiger partial charge in [0.1, 0.15) is 42.0 Å². The van der Waals surface area contributed by atoms with Crippen molar-refractivity contribution in [2.75, 3.05) is 32.0 Å². The molecule has 17 N–H and O–H groups in total. The van der Waals surface area contributed by atoms with Crippen molar-refractivity contribution in [3.05, 3.63) is 65.7 Å². The van der Waals surface area contributed by atoms with Gasteiger partial charge in [-0.15, -0.1) is 0 Å². The molecule has 364 valence electrons. The van der Waals surface area contributed by atoms with E-state index >= 15 is 0 Å². The molecular weight excluding hydrogens is 895 g/mol. The van der Waals surface area contributed by atoms with Gasteiger partial charge < -0.3 is 70.4 Å². The number of rotatable bonds is 18. The molecule has 1 saturated heterocycles. The Balaban J connectivity index is 2.03. The number of primary amides is 1. The van der Waals surface area contributed by atoms with Crippen molar-refractivity contribution < 1.29 is 48.6 Å². The Morgan fingerprint density at radius 2 is 1.30 bits per heavy atom. The molecule has 0 spiro atoms. The zero-order valence-electron chi connectivity index (χ0n) is 37.2. The summed E-state index contributed by atoms with van der Waals surface area (Å²) in [6, 6.07) is 5.33. The van der Waals surface area contributed by atoms with Crippen molar-refractivity contribution in [2.45, 2.75) is 112 Å². The van der Waals surface area contributed by atoms with E-state index in [1.54, 1.807) is 56.3 Å². The predicted molar refractivity (Wildman–Crippen MR) is 251 cm³/mol. The maximum Gasteiger partial charge on any atom is 0.245 e. The van der Waals surface area contributed by atoms with Gasteiger partial charge in [-0.3, -0.25) is 38.4 Å². The van der Waals surface area contributed by atoms with Crippen LogP contribution in [-0.2, 0) is 51.2 Å². The number of carbonyl (C=O) groups is 8. The van der Waals surface area contributed by atoms with Gasteiger partial charge in [-0.25, -0.2) is 0 Å². The van der Waals surface area contributed by atoms with Crippen LogP contribution < -0.4 is 60.2 Å². The molecule has 1 fully saturated rings. The average molecular weight is 960 g/mol. The third-order valence-electron chi connectivity index (χ3n) is 10.5. The maximum absolute atomic E-state index is 14.3. The fraction of sp³-hybridized carbons (Fsp3) is 0.535. The Morgan fingerprint density at radius 1 is 0.742 bits per heavy atom. The molecule has 2 aromatic rings. The Labute approximate surface area is 392 Å². The summed E-state index contributed by atoms with van der Waals surface area (Å²) >= 11 is 0. The van der Waals surface area contributed by atoms with Crippen molar-refractivity contribution in [1.82, 2.24) is 37.2 Å². The summed E-state index contributed by atoms with van der Waals surface area (Å²) in [5.41, 5.74) is 24.6. The second kappa shape index (κ2) is 27.9. The number of unbranched alkanes of at least 4 members (excludes halogenated alkanes) is 2. The quantitative estimate of drug-likeness (QED) is 0.0540. The third-order valence-corrected chi connectivity index (χ3v) is 13.9. The predicted octanol–water partition coefficient (Wildman–Crippen LogP) is -2.56. The molecule has 0 saturated carbocycles. The Morgan fingerprint density at radius 3 is 1.89 bits per heavy atom.